The van der Waals surface area contributed by atoms with E-state index in [9.17, 15) is 0 Å². The second kappa shape index (κ2) is 8.81. The molecule has 92 valence electrons. The molecule has 0 aliphatic heterocycles. The molecule has 0 bridgehead atoms. The molecule has 0 aromatic carbocycles. The lowest BCUT2D eigenvalue weighted by molar-refractivity contribution is 0.631. The van der Waals surface area contributed by atoms with E-state index in [4.69, 9.17) is 0 Å². The Hall–Kier alpha value is 0.700. The average Bonchev–Trinajstić information content (AvgIpc) is 2.14. The highest BCUT2D eigenvalue weighted by Gasteiger charge is 2.17. The maximum absolute atomic E-state index is 2.33. The predicted octanol–water partition coefficient (Wildman–Crippen LogP) is 5.22. The normalized spacial score (nSPS) is 14.2. The van der Waals surface area contributed by atoms with Crippen LogP contribution in [0.5, 0.6) is 0 Å². The van der Waals surface area contributed by atoms with E-state index in [-0.39, 0.29) is 0 Å². The molecule has 0 fully saturated rings. The molecule has 0 aromatic heterocycles. The fourth-order valence-electron chi connectivity index (χ4n) is 1.64. The van der Waals surface area contributed by atoms with E-state index >= 15 is 0 Å². The molecule has 0 amide bonds. The summed E-state index contributed by atoms with van der Waals surface area (Å²) in [5.41, 5.74) is 0. The van der Waals surface area contributed by atoms with Crippen LogP contribution in [0.25, 0.3) is 0 Å². The van der Waals surface area contributed by atoms with Crippen LogP contribution in [0.1, 0.15) is 59.8 Å². The molecule has 0 aromatic rings. The second-order valence-electron chi connectivity index (χ2n) is 5.10. The Balaban J connectivity index is 3.53. The van der Waals surface area contributed by atoms with E-state index in [2.05, 4.69) is 45.7 Å². The second-order valence-corrected chi connectivity index (χ2v) is 8.22. The smallest absolute Gasteiger partial charge is 0.00778 e. The third-order valence-corrected chi connectivity index (χ3v) is 4.66. The molecule has 0 heterocycles. The van der Waals surface area contributed by atoms with Crippen molar-refractivity contribution in [2.24, 2.45) is 0 Å². The highest BCUT2D eigenvalue weighted by Crippen LogP contribution is 2.32. The van der Waals surface area contributed by atoms with Gasteiger partial charge in [0.05, 0.1) is 0 Å². The maximum atomic E-state index is 2.33. The maximum Gasteiger partial charge on any atom is 0.00778 e. The van der Waals surface area contributed by atoms with E-state index in [1.807, 2.05) is 11.8 Å². The van der Waals surface area contributed by atoms with Gasteiger partial charge in [0.2, 0.25) is 0 Å². The van der Waals surface area contributed by atoms with Gasteiger partial charge in [-0.2, -0.15) is 23.5 Å². The van der Waals surface area contributed by atoms with Crippen molar-refractivity contribution < 1.29 is 0 Å². The van der Waals surface area contributed by atoms with E-state index in [0.29, 0.717) is 4.75 Å². The van der Waals surface area contributed by atoms with Crippen LogP contribution < -0.4 is 0 Å². The third-order valence-electron chi connectivity index (χ3n) is 2.35. The Kier molecular flexibility index (Phi) is 9.22. The van der Waals surface area contributed by atoms with E-state index in [0.717, 1.165) is 5.25 Å². The van der Waals surface area contributed by atoms with Crippen molar-refractivity contribution in [3.05, 3.63) is 0 Å². The zero-order chi connectivity index (χ0) is 11.7. The lowest BCUT2D eigenvalue weighted by atomic mass is 10.1. The van der Waals surface area contributed by atoms with Crippen LogP contribution in [-0.2, 0) is 0 Å². The van der Waals surface area contributed by atoms with Crippen LogP contribution in [0.3, 0.4) is 0 Å². The molecule has 0 aliphatic carbocycles. The lowest BCUT2D eigenvalue weighted by Gasteiger charge is -2.24. The lowest BCUT2D eigenvalue weighted by Crippen LogP contribution is -2.15. The Morgan fingerprint density at radius 1 is 1.07 bits per heavy atom. The van der Waals surface area contributed by atoms with Gasteiger partial charge in [-0.3, -0.25) is 0 Å². The first-order valence-electron chi connectivity index (χ1n) is 6.16. The van der Waals surface area contributed by atoms with Gasteiger partial charge in [0, 0.05) is 10.00 Å². The van der Waals surface area contributed by atoms with E-state index in [1.54, 1.807) is 0 Å². The summed E-state index contributed by atoms with van der Waals surface area (Å²) < 4.78 is 0.431. The summed E-state index contributed by atoms with van der Waals surface area (Å²) in [7, 11) is 0. The fraction of sp³-hybridized carbons (Fsp3) is 1.00. The quantitative estimate of drug-likeness (QED) is 0.540. The van der Waals surface area contributed by atoms with Gasteiger partial charge in [0.15, 0.2) is 0 Å². The van der Waals surface area contributed by atoms with Crippen molar-refractivity contribution >= 4 is 23.5 Å². The van der Waals surface area contributed by atoms with Gasteiger partial charge in [0.1, 0.15) is 0 Å². The van der Waals surface area contributed by atoms with Gasteiger partial charge in [-0.25, -0.2) is 0 Å². The van der Waals surface area contributed by atoms with Crippen LogP contribution in [0.4, 0.5) is 0 Å². The van der Waals surface area contributed by atoms with Crippen molar-refractivity contribution in [3.8, 4) is 0 Å². The third kappa shape index (κ3) is 11.0. The summed E-state index contributed by atoms with van der Waals surface area (Å²) in [4.78, 5) is 0. The Morgan fingerprint density at radius 3 is 2.20 bits per heavy atom. The van der Waals surface area contributed by atoms with Crippen molar-refractivity contribution in [2.45, 2.75) is 69.8 Å². The van der Waals surface area contributed by atoms with Crippen molar-refractivity contribution in [2.75, 3.05) is 12.0 Å². The van der Waals surface area contributed by atoms with Gasteiger partial charge in [0.25, 0.3) is 0 Å². The van der Waals surface area contributed by atoms with Gasteiger partial charge in [-0.05, 0) is 31.3 Å². The van der Waals surface area contributed by atoms with Gasteiger partial charge in [-0.1, -0.05) is 40.5 Å². The average molecular weight is 249 g/mol. The number of rotatable bonds is 8. The monoisotopic (exact) mass is 248 g/mol. The molecule has 0 spiro atoms. The summed E-state index contributed by atoms with van der Waals surface area (Å²) in [5.74, 6) is 1.34. The molecule has 0 N–H and O–H groups in total. The van der Waals surface area contributed by atoms with E-state index < -0.39 is 0 Å². The minimum atomic E-state index is 0.431. The Labute approximate surface area is 105 Å². The highest BCUT2D eigenvalue weighted by molar-refractivity contribution is 8.01. The number of unbranched alkanes of at least 4 members (excludes halogenated alkanes) is 2. The molecule has 15 heavy (non-hydrogen) atoms. The Morgan fingerprint density at radius 2 is 1.73 bits per heavy atom. The molecule has 2 heteroatoms. The molecule has 0 aliphatic rings. The van der Waals surface area contributed by atoms with Gasteiger partial charge < -0.3 is 0 Å². The SMILES string of the molecule is CCC(CCCCCSC)SC(C)(C)C. The zero-order valence-electron chi connectivity index (χ0n) is 11.1. The predicted molar refractivity (Wildman–Crippen MR) is 78.3 cm³/mol. The molecule has 0 radical (unpaired) electrons. The summed E-state index contributed by atoms with van der Waals surface area (Å²) >= 11 is 4.13. The first-order valence-corrected chi connectivity index (χ1v) is 8.43. The molecule has 0 saturated heterocycles. The first kappa shape index (κ1) is 15.7. The van der Waals surface area contributed by atoms with Crippen LogP contribution in [0, 0.1) is 0 Å². The van der Waals surface area contributed by atoms with Gasteiger partial charge in [-0.15, -0.1) is 0 Å². The zero-order valence-corrected chi connectivity index (χ0v) is 12.8. The number of hydrogen-bond donors (Lipinski definition) is 0. The van der Waals surface area contributed by atoms with Crippen molar-refractivity contribution in [1.29, 1.82) is 0 Å². The topological polar surface area (TPSA) is 0 Å². The van der Waals surface area contributed by atoms with Crippen molar-refractivity contribution in [3.63, 3.8) is 0 Å². The van der Waals surface area contributed by atoms with Crippen LogP contribution in [-0.4, -0.2) is 22.0 Å². The Bertz CT molecular complexity index is 138. The summed E-state index contributed by atoms with van der Waals surface area (Å²) in [6.07, 6.45) is 9.17. The standard InChI is InChI=1S/C13H28S2/c1-6-12(15-13(2,3)4)10-8-7-9-11-14-5/h12H,6-11H2,1-5H3. The fourth-order valence-corrected chi connectivity index (χ4v) is 3.59. The minimum Gasteiger partial charge on any atom is -0.165 e. The van der Waals surface area contributed by atoms with Crippen LogP contribution >= 0.6 is 23.5 Å². The van der Waals surface area contributed by atoms with E-state index in [1.165, 1.54) is 37.9 Å². The molecule has 0 nitrogen and oxygen atoms in total. The molecular formula is C13H28S2. The molecule has 0 saturated carbocycles. The molecule has 1 unspecified atom stereocenters. The number of thioether (sulfide) groups is 2. The van der Waals surface area contributed by atoms with Crippen LogP contribution in [0.15, 0.2) is 0 Å². The summed E-state index contributed by atoms with van der Waals surface area (Å²) in [5, 5.41) is 0.874. The summed E-state index contributed by atoms with van der Waals surface area (Å²) in [6.45, 7) is 9.31. The van der Waals surface area contributed by atoms with Gasteiger partial charge >= 0.3 is 0 Å². The minimum absolute atomic E-state index is 0.431. The largest absolute Gasteiger partial charge is 0.165 e. The van der Waals surface area contributed by atoms with Crippen LogP contribution in [0.2, 0.25) is 0 Å². The highest BCUT2D eigenvalue weighted by atomic mass is 32.2. The molecular weight excluding hydrogens is 220 g/mol. The first-order chi connectivity index (χ1) is 6.99. The summed E-state index contributed by atoms with van der Waals surface area (Å²) in [6, 6.07) is 0. The molecule has 0 rings (SSSR count). The number of hydrogen-bond acceptors (Lipinski definition) is 2. The molecule has 1 atom stereocenters. The van der Waals surface area contributed by atoms with Crippen molar-refractivity contribution in [1.82, 2.24) is 0 Å².